The molecule has 53 valence electrons. The molecule has 0 aliphatic carbocycles. The molecule has 2 aromatic rings. The molecule has 3 heteroatoms. The van der Waals surface area contributed by atoms with Crippen molar-refractivity contribution in [3.8, 4) is 0 Å². The molecule has 0 amide bonds. The van der Waals surface area contributed by atoms with Crippen molar-refractivity contribution in [2.24, 2.45) is 0 Å². The van der Waals surface area contributed by atoms with Crippen LogP contribution in [0.15, 0.2) is 17.6 Å². The number of fused-ring (bicyclic) bond motifs is 1. The molecular weight excluding hydrogens is 231 g/mol. The van der Waals surface area contributed by atoms with Crippen LogP contribution in [0.25, 0.3) is 10.2 Å². The van der Waals surface area contributed by atoms with Crippen LogP contribution >= 0.6 is 11.3 Å². The van der Waals surface area contributed by atoms with Crippen LogP contribution in [-0.2, 0) is 32.7 Å². The van der Waals surface area contributed by atoms with Crippen LogP contribution in [-0.4, -0.2) is 4.98 Å². The third-order valence-corrected chi connectivity index (χ3v) is 2.20. The second-order valence-electron chi connectivity index (χ2n) is 2.22. The van der Waals surface area contributed by atoms with Crippen LogP contribution in [0.4, 0.5) is 0 Å². The zero-order valence-electron chi connectivity index (χ0n) is 6.16. The number of nitrogens with zero attached hydrogens (tertiary/aromatic N) is 1. The summed E-state index contributed by atoms with van der Waals surface area (Å²) in [5.74, 6) is 0. The molecule has 11 heavy (non-hydrogen) atoms. The summed E-state index contributed by atoms with van der Waals surface area (Å²) < 4.78 is 1.21. The second-order valence-corrected chi connectivity index (χ2v) is 3.10. The van der Waals surface area contributed by atoms with E-state index in [1.165, 1.54) is 4.70 Å². The summed E-state index contributed by atoms with van der Waals surface area (Å²) in [4.78, 5) is 4.18. The van der Waals surface area contributed by atoms with Gasteiger partial charge in [0, 0.05) is 32.7 Å². The molecule has 0 saturated carbocycles. The van der Waals surface area contributed by atoms with Gasteiger partial charge in [-0.05, 0) is 5.52 Å². The molecule has 0 N–H and O–H groups in total. The maximum atomic E-state index is 4.18. The average Bonchev–Trinajstić information content (AvgIpc) is 2.33. The fraction of sp³-hybridized carbons (Fsp3) is 0.125. The Kier molecular flexibility index (Phi) is 3.17. The van der Waals surface area contributed by atoms with Crippen molar-refractivity contribution in [3.63, 3.8) is 0 Å². The normalized spacial score (nSPS) is 9.55. The van der Waals surface area contributed by atoms with Gasteiger partial charge >= 0.3 is 0 Å². The van der Waals surface area contributed by atoms with E-state index in [1.807, 2.05) is 24.6 Å². The average molecular weight is 237 g/mol. The van der Waals surface area contributed by atoms with Gasteiger partial charge in [0.2, 0.25) is 0 Å². The molecule has 1 radical (unpaired) electrons. The summed E-state index contributed by atoms with van der Waals surface area (Å²) in [6.45, 7) is 2.03. The van der Waals surface area contributed by atoms with E-state index in [0.29, 0.717) is 0 Å². The van der Waals surface area contributed by atoms with Gasteiger partial charge in [0.15, 0.2) is 0 Å². The SMILES string of the molecule is Cc1[c-]cc2scnc2c1.[Y]. The first-order chi connectivity index (χ1) is 4.86. The maximum Gasteiger partial charge on any atom is 0.0657 e. The summed E-state index contributed by atoms with van der Waals surface area (Å²) in [6, 6.07) is 7.17. The number of aryl methyl sites for hydroxylation is 1. The van der Waals surface area contributed by atoms with E-state index < -0.39 is 0 Å². The maximum absolute atomic E-state index is 4.18. The minimum atomic E-state index is 0. The van der Waals surface area contributed by atoms with Gasteiger partial charge in [-0.1, -0.05) is 11.6 Å². The largest absolute Gasteiger partial charge is 0.272 e. The van der Waals surface area contributed by atoms with Crippen LogP contribution in [0.5, 0.6) is 0 Å². The van der Waals surface area contributed by atoms with E-state index >= 15 is 0 Å². The number of thiazole rings is 1. The van der Waals surface area contributed by atoms with Gasteiger partial charge in [-0.3, -0.25) is 4.98 Å². The van der Waals surface area contributed by atoms with Gasteiger partial charge in [-0.15, -0.1) is 6.07 Å². The number of hydrogen-bond acceptors (Lipinski definition) is 2. The number of benzene rings is 1. The van der Waals surface area contributed by atoms with Crippen molar-refractivity contribution in [1.29, 1.82) is 0 Å². The monoisotopic (exact) mass is 237 g/mol. The van der Waals surface area contributed by atoms with Crippen molar-refractivity contribution < 1.29 is 32.7 Å². The predicted octanol–water partition coefficient (Wildman–Crippen LogP) is 2.40. The van der Waals surface area contributed by atoms with Crippen molar-refractivity contribution in [3.05, 3.63) is 29.3 Å². The van der Waals surface area contributed by atoms with Gasteiger partial charge in [0.1, 0.15) is 0 Å². The molecule has 1 heterocycles. The van der Waals surface area contributed by atoms with E-state index in [0.717, 1.165) is 11.1 Å². The second kappa shape index (κ2) is 3.75. The quantitative estimate of drug-likeness (QED) is 0.641. The Morgan fingerprint density at radius 3 is 3.18 bits per heavy atom. The summed E-state index contributed by atoms with van der Waals surface area (Å²) in [6.07, 6.45) is 0. The van der Waals surface area contributed by atoms with Crippen molar-refractivity contribution in [2.45, 2.75) is 6.92 Å². The van der Waals surface area contributed by atoms with E-state index in [1.54, 1.807) is 11.3 Å². The Balaban J connectivity index is 0.000000605. The molecule has 0 saturated heterocycles. The summed E-state index contributed by atoms with van der Waals surface area (Å²) in [7, 11) is 0. The molecule has 0 spiro atoms. The zero-order valence-corrected chi connectivity index (χ0v) is 9.82. The van der Waals surface area contributed by atoms with E-state index in [9.17, 15) is 0 Å². The smallest absolute Gasteiger partial charge is 0.0657 e. The Labute approximate surface area is 94.7 Å². The van der Waals surface area contributed by atoms with Gasteiger partial charge in [0.25, 0.3) is 0 Å². The number of hydrogen-bond donors (Lipinski definition) is 0. The topological polar surface area (TPSA) is 12.9 Å². The molecule has 2 rings (SSSR count). The third-order valence-electron chi connectivity index (χ3n) is 1.41. The standard InChI is InChI=1S/C8H6NS.Y/c1-6-2-3-8-7(4-6)9-5-10-8;/h3-5H,1H3;/q-1;. The Morgan fingerprint density at radius 1 is 1.55 bits per heavy atom. The summed E-state index contributed by atoms with van der Waals surface area (Å²) in [5.41, 5.74) is 4.09. The minimum absolute atomic E-state index is 0. The van der Waals surface area contributed by atoms with Crippen LogP contribution in [0.2, 0.25) is 0 Å². The fourth-order valence-corrected chi connectivity index (χ4v) is 1.55. The summed E-state index contributed by atoms with van der Waals surface area (Å²) >= 11 is 1.65. The summed E-state index contributed by atoms with van der Waals surface area (Å²) in [5, 5.41) is 0. The molecular formula is C8H6NSY-. The molecule has 1 aromatic heterocycles. The van der Waals surface area contributed by atoms with E-state index in [-0.39, 0.29) is 32.7 Å². The fourth-order valence-electron chi connectivity index (χ4n) is 0.906. The first kappa shape index (κ1) is 9.30. The predicted molar refractivity (Wildman–Crippen MR) is 43.2 cm³/mol. The Morgan fingerprint density at radius 2 is 2.36 bits per heavy atom. The van der Waals surface area contributed by atoms with Crippen molar-refractivity contribution in [2.75, 3.05) is 0 Å². The molecule has 0 aliphatic rings. The number of aromatic nitrogens is 1. The number of rotatable bonds is 0. The Bertz CT molecular complexity index is 356. The first-order valence-corrected chi connectivity index (χ1v) is 3.96. The van der Waals surface area contributed by atoms with Gasteiger partial charge in [-0.2, -0.15) is 29.0 Å². The minimum Gasteiger partial charge on any atom is -0.272 e. The van der Waals surface area contributed by atoms with Gasteiger partial charge < -0.3 is 0 Å². The zero-order chi connectivity index (χ0) is 6.97. The molecule has 0 aliphatic heterocycles. The molecule has 0 fully saturated rings. The Hall–Kier alpha value is 0.214. The van der Waals surface area contributed by atoms with Crippen molar-refractivity contribution >= 4 is 21.6 Å². The molecule has 0 atom stereocenters. The van der Waals surface area contributed by atoms with Gasteiger partial charge in [0.05, 0.1) is 5.51 Å². The van der Waals surface area contributed by atoms with Crippen LogP contribution in [0.1, 0.15) is 5.56 Å². The first-order valence-electron chi connectivity index (χ1n) is 3.08. The van der Waals surface area contributed by atoms with Crippen LogP contribution in [0, 0.1) is 13.0 Å². The van der Waals surface area contributed by atoms with Gasteiger partial charge in [-0.25, -0.2) is 0 Å². The molecule has 0 unspecified atom stereocenters. The van der Waals surface area contributed by atoms with E-state index in [2.05, 4.69) is 11.1 Å². The van der Waals surface area contributed by atoms with Crippen LogP contribution < -0.4 is 0 Å². The van der Waals surface area contributed by atoms with Crippen LogP contribution in [0.3, 0.4) is 0 Å². The third kappa shape index (κ3) is 1.87. The molecule has 0 bridgehead atoms. The molecule has 1 aromatic carbocycles. The molecule has 1 nitrogen and oxygen atoms in total. The van der Waals surface area contributed by atoms with E-state index in [4.69, 9.17) is 0 Å². The van der Waals surface area contributed by atoms with Crippen molar-refractivity contribution in [1.82, 2.24) is 4.98 Å².